The number of carbonyl (C=O) groups excluding carboxylic acids is 4. The number of Topliss-reactive ketones (excluding diaryl/α,β-unsaturated/α-hetero) is 1. The van der Waals surface area contributed by atoms with Crippen molar-refractivity contribution in [1.29, 1.82) is 0 Å². The smallest absolute Gasteiger partial charge is 0.457 e. The number of alkyl halides is 1. The van der Waals surface area contributed by atoms with Crippen LogP contribution in [0.25, 0.3) is 0 Å². The molecule has 3 fully saturated rings. The molecule has 1 N–H and O–H groups in total. The zero-order valence-electron chi connectivity index (χ0n) is 23.6. The summed E-state index contributed by atoms with van der Waals surface area (Å²) in [4.78, 5) is 51.1. The second kappa shape index (κ2) is 10.5. The first-order chi connectivity index (χ1) is 18.3. The van der Waals surface area contributed by atoms with Crippen LogP contribution in [0.1, 0.15) is 79.6 Å². The minimum atomic E-state index is -2.09. The van der Waals surface area contributed by atoms with E-state index in [-0.39, 0.29) is 25.2 Å². The highest BCUT2D eigenvalue weighted by atomic mass is 19.1. The molecule has 4 aliphatic rings. The molecule has 4 aliphatic carbocycles. The number of ether oxygens (including phenoxy) is 3. The molecule has 0 bridgehead atoms. The predicted octanol–water partition coefficient (Wildman–Crippen LogP) is 4.82. The lowest BCUT2D eigenvalue weighted by Gasteiger charge is -2.62. The maximum atomic E-state index is 17.5. The highest BCUT2D eigenvalue weighted by Gasteiger charge is 2.77. The van der Waals surface area contributed by atoms with Gasteiger partial charge < -0.3 is 19.3 Å². The molecule has 3 saturated carbocycles. The first-order valence-electron chi connectivity index (χ1n) is 14.2. The predicted molar refractivity (Wildman–Crippen MR) is 139 cm³/mol. The van der Waals surface area contributed by atoms with Gasteiger partial charge >= 0.3 is 12.1 Å². The van der Waals surface area contributed by atoms with E-state index < -0.39 is 70.5 Å². The summed E-state index contributed by atoms with van der Waals surface area (Å²) in [5, 5.41) is 11.6. The normalized spacial score (nSPS) is 40.6. The molecule has 0 radical (unpaired) electrons. The number of unbranched alkanes of at least 4 members (excludes halogenated alkanes) is 1. The van der Waals surface area contributed by atoms with Crippen LogP contribution in [0.5, 0.6) is 0 Å². The summed E-state index contributed by atoms with van der Waals surface area (Å²) in [6, 6.07) is 0. The summed E-state index contributed by atoms with van der Waals surface area (Å²) in [7, 11) is 0. The third kappa shape index (κ3) is 4.26. The van der Waals surface area contributed by atoms with E-state index in [1.807, 2.05) is 6.92 Å². The van der Waals surface area contributed by atoms with E-state index in [4.69, 9.17) is 14.2 Å². The van der Waals surface area contributed by atoms with Crippen molar-refractivity contribution < 1.29 is 42.9 Å². The van der Waals surface area contributed by atoms with Gasteiger partial charge in [0.25, 0.3) is 0 Å². The van der Waals surface area contributed by atoms with Crippen LogP contribution in [0.3, 0.4) is 0 Å². The van der Waals surface area contributed by atoms with E-state index in [0.29, 0.717) is 31.3 Å². The SMILES string of the molecule is CCCCC(=O)OCC(=O)[C@@]1(OC(=O)OCC)[C@H](C)C[C@H]2[C@@H]3CCC4=CC(=O)C=C[C@]4(C)[C@@]3(F)[C@@H](O)C[C@@]21C. The van der Waals surface area contributed by atoms with E-state index in [9.17, 15) is 24.3 Å². The number of carbonyl (C=O) groups is 4. The van der Waals surface area contributed by atoms with Crippen LogP contribution in [0.15, 0.2) is 23.8 Å². The number of aliphatic hydroxyl groups excluding tert-OH is 1. The van der Waals surface area contributed by atoms with Crippen LogP contribution < -0.4 is 0 Å². The number of rotatable bonds is 8. The van der Waals surface area contributed by atoms with Gasteiger partial charge in [-0.05, 0) is 64.0 Å². The van der Waals surface area contributed by atoms with Gasteiger partial charge in [0.05, 0.1) is 12.7 Å². The van der Waals surface area contributed by atoms with Crippen LogP contribution in [0.4, 0.5) is 9.18 Å². The zero-order chi connectivity index (χ0) is 28.8. The van der Waals surface area contributed by atoms with Crippen LogP contribution in [-0.4, -0.2) is 59.4 Å². The van der Waals surface area contributed by atoms with Crippen LogP contribution in [0, 0.1) is 28.6 Å². The molecule has 39 heavy (non-hydrogen) atoms. The zero-order valence-corrected chi connectivity index (χ0v) is 23.6. The molecule has 0 unspecified atom stereocenters. The number of ketones is 2. The van der Waals surface area contributed by atoms with Crippen molar-refractivity contribution in [3.8, 4) is 0 Å². The largest absolute Gasteiger partial charge is 0.509 e. The Hall–Kier alpha value is -2.55. The number of allylic oxidation sites excluding steroid dienone is 4. The van der Waals surface area contributed by atoms with Gasteiger partial charge in [-0.15, -0.1) is 0 Å². The van der Waals surface area contributed by atoms with Crippen LogP contribution in [-0.2, 0) is 28.6 Å². The Kier molecular flexibility index (Phi) is 7.89. The van der Waals surface area contributed by atoms with Gasteiger partial charge in [-0.3, -0.25) is 14.4 Å². The van der Waals surface area contributed by atoms with Crippen molar-refractivity contribution in [2.24, 2.45) is 28.6 Å². The monoisotopic (exact) mass is 548 g/mol. The summed E-state index contributed by atoms with van der Waals surface area (Å²) >= 11 is 0. The minimum Gasteiger partial charge on any atom is -0.457 e. The molecule has 0 saturated heterocycles. The lowest BCUT2D eigenvalue weighted by Crippen LogP contribution is -2.70. The molecule has 0 aromatic carbocycles. The summed E-state index contributed by atoms with van der Waals surface area (Å²) in [5.41, 5.74) is -5.55. The van der Waals surface area contributed by atoms with E-state index in [1.54, 1.807) is 33.8 Å². The molecule has 9 heteroatoms. The minimum absolute atomic E-state index is 0.0288. The lowest BCUT2D eigenvalue weighted by atomic mass is 9.44. The third-order valence-corrected chi connectivity index (χ3v) is 10.2. The number of hydrogen-bond donors (Lipinski definition) is 1. The maximum Gasteiger partial charge on any atom is 0.509 e. The highest BCUT2D eigenvalue weighted by molar-refractivity contribution is 6.01. The fourth-order valence-electron chi connectivity index (χ4n) is 8.32. The fourth-order valence-corrected chi connectivity index (χ4v) is 8.32. The number of fused-ring (bicyclic) bond motifs is 5. The highest BCUT2D eigenvalue weighted by Crippen LogP contribution is 2.71. The van der Waals surface area contributed by atoms with Gasteiger partial charge in [0.15, 0.2) is 23.7 Å². The Labute approximate surface area is 229 Å². The standard InChI is InChI=1S/C30H41FO8/c1-6-8-9-25(35)38-17-24(34)30(39-26(36)37-7-2)18(3)14-22-21-11-10-19-15-20(32)12-13-27(19,4)29(21,31)23(33)16-28(22,30)5/h12-13,15,18,21-23,33H,6-11,14,16-17H2,1-5H3/t18-,21+,22+,23+,27+,28+,29+,30+/m1/s1. The summed E-state index contributed by atoms with van der Waals surface area (Å²) in [6.07, 6.45) is 4.50. The van der Waals surface area contributed by atoms with Crippen molar-refractivity contribution in [3.05, 3.63) is 23.8 Å². The number of hydrogen-bond acceptors (Lipinski definition) is 8. The van der Waals surface area contributed by atoms with Gasteiger partial charge in [-0.2, -0.15) is 0 Å². The van der Waals surface area contributed by atoms with Crippen molar-refractivity contribution in [1.82, 2.24) is 0 Å². The average molecular weight is 549 g/mol. The van der Waals surface area contributed by atoms with Crippen molar-refractivity contribution in [2.45, 2.75) is 96.9 Å². The Balaban J connectivity index is 1.74. The van der Waals surface area contributed by atoms with E-state index in [1.165, 1.54) is 12.2 Å². The van der Waals surface area contributed by atoms with Gasteiger partial charge in [0, 0.05) is 29.1 Å². The molecule has 0 aromatic rings. The number of aliphatic hydroxyl groups is 1. The quantitative estimate of drug-likeness (QED) is 0.430. The Morgan fingerprint density at radius 1 is 1.15 bits per heavy atom. The molecule has 4 rings (SSSR count). The van der Waals surface area contributed by atoms with Gasteiger partial charge in [-0.25, -0.2) is 9.18 Å². The second-order valence-corrected chi connectivity index (χ2v) is 12.1. The van der Waals surface area contributed by atoms with Gasteiger partial charge in [0.2, 0.25) is 5.78 Å². The topological polar surface area (TPSA) is 116 Å². The molecule has 0 aromatic heterocycles. The summed E-state index contributed by atoms with van der Waals surface area (Å²) < 4.78 is 33.7. The molecule has 0 amide bonds. The average Bonchev–Trinajstić information content (AvgIpc) is 3.09. The van der Waals surface area contributed by atoms with Gasteiger partial charge in [-0.1, -0.05) is 38.8 Å². The molecular formula is C30H41FO8. The molecule has 8 nitrogen and oxygen atoms in total. The summed E-state index contributed by atoms with van der Waals surface area (Å²) in [6.45, 7) is 8.27. The fraction of sp³-hybridized carbons (Fsp3) is 0.733. The molecular weight excluding hydrogens is 507 g/mol. The van der Waals surface area contributed by atoms with Crippen molar-refractivity contribution in [3.63, 3.8) is 0 Å². The third-order valence-electron chi connectivity index (χ3n) is 10.2. The summed E-state index contributed by atoms with van der Waals surface area (Å²) in [5.74, 6) is -2.96. The molecule has 8 atom stereocenters. The molecule has 0 heterocycles. The Bertz CT molecular complexity index is 1100. The Morgan fingerprint density at radius 3 is 2.54 bits per heavy atom. The van der Waals surface area contributed by atoms with E-state index in [0.717, 1.165) is 6.42 Å². The lowest BCUT2D eigenvalue weighted by molar-refractivity contribution is -0.222. The Morgan fingerprint density at radius 2 is 1.87 bits per heavy atom. The van der Waals surface area contributed by atoms with Crippen LogP contribution >= 0.6 is 0 Å². The van der Waals surface area contributed by atoms with Crippen molar-refractivity contribution >= 4 is 23.7 Å². The van der Waals surface area contributed by atoms with E-state index >= 15 is 4.39 Å². The first kappa shape index (κ1) is 29.4. The number of esters is 1. The van der Waals surface area contributed by atoms with Crippen molar-refractivity contribution in [2.75, 3.05) is 13.2 Å². The molecule has 216 valence electrons. The maximum absolute atomic E-state index is 17.5. The van der Waals surface area contributed by atoms with Crippen LogP contribution in [0.2, 0.25) is 0 Å². The number of halogens is 1. The molecule has 0 spiro atoms. The molecule has 0 aliphatic heterocycles. The van der Waals surface area contributed by atoms with Gasteiger partial charge in [0.1, 0.15) is 0 Å². The van der Waals surface area contributed by atoms with E-state index in [2.05, 4.69) is 0 Å². The first-order valence-corrected chi connectivity index (χ1v) is 14.2. The second-order valence-electron chi connectivity index (χ2n) is 12.1.